The van der Waals surface area contributed by atoms with Crippen LogP contribution in [-0.4, -0.2) is 40.8 Å². The predicted octanol–water partition coefficient (Wildman–Crippen LogP) is 0.522. The number of carbonyl (C=O) groups excluding carboxylic acids is 2. The largest absolute Gasteiger partial charge is 0.455 e. The molecule has 1 aliphatic carbocycles. The molecule has 1 heterocycles. The number of rotatable bonds is 3. The maximum absolute atomic E-state index is 11.6. The molecule has 0 radical (unpaired) electrons. The van der Waals surface area contributed by atoms with Gasteiger partial charge in [-0.2, -0.15) is 0 Å². The van der Waals surface area contributed by atoms with Crippen LogP contribution in [0.4, 0.5) is 0 Å². The Hall–Kier alpha value is -1.46. The summed E-state index contributed by atoms with van der Waals surface area (Å²) in [6.45, 7) is 4.54. The summed E-state index contributed by atoms with van der Waals surface area (Å²) in [6, 6.07) is 0. The van der Waals surface area contributed by atoms with Crippen molar-refractivity contribution in [1.29, 1.82) is 0 Å². The van der Waals surface area contributed by atoms with Crippen LogP contribution < -0.4 is 0 Å². The lowest BCUT2D eigenvalue weighted by atomic mass is 9.94. The molecule has 1 fully saturated rings. The lowest BCUT2D eigenvalue weighted by Gasteiger charge is -2.19. The van der Waals surface area contributed by atoms with E-state index in [0.717, 1.165) is 0 Å². The molecule has 5 nitrogen and oxygen atoms in total. The van der Waals surface area contributed by atoms with Crippen molar-refractivity contribution in [3.63, 3.8) is 0 Å². The van der Waals surface area contributed by atoms with Crippen molar-refractivity contribution in [3.8, 4) is 0 Å². The monoisotopic (exact) mass is 252 g/mol. The standard InChI is InChI=1S/C13H16O5/c1-7(14)17-10-8(4-5-13(2,3)16)6-9(15)11-12(10)18-11/h4-6,10-12,16H,1-3H3/b5-4+/t10-,11-,12+/m0/s1. The van der Waals surface area contributed by atoms with Crippen LogP contribution in [0.5, 0.6) is 0 Å². The first-order valence-electron chi connectivity index (χ1n) is 5.78. The molecule has 0 aromatic heterocycles. The first-order valence-corrected chi connectivity index (χ1v) is 5.78. The van der Waals surface area contributed by atoms with Gasteiger partial charge in [-0.25, -0.2) is 0 Å². The van der Waals surface area contributed by atoms with Gasteiger partial charge in [-0.3, -0.25) is 9.59 Å². The zero-order valence-electron chi connectivity index (χ0n) is 10.5. The number of carbonyl (C=O) groups is 2. The van der Waals surface area contributed by atoms with Crippen molar-refractivity contribution in [2.75, 3.05) is 0 Å². The maximum Gasteiger partial charge on any atom is 0.303 e. The fourth-order valence-electron chi connectivity index (χ4n) is 1.86. The lowest BCUT2D eigenvalue weighted by molar-refractivity contribution is -0.145. The average molecular weight is 252 g/mol. The normalized spacial score (nSPS) is 31.0. The number of hydrogen-bond acceptors (Lipinski definition) is 5. The van der Waals surface area contributed by atoms with Crippen LogP contribution in [-0.2, 0) is 19.1 Å². The van der Waals surface area contributed by atoms with E-state index in [4.69, 9.17) is 9.47 Å². The smallest absolute Gasteiger partial charge is 0.303 e. The molecule has 0 bridgehead atoms. The van der Waals surface area contributed by atoms with Crippen molar-refractivity contribution in [2.24, 2.45) is 0 Å². The van der Waals surface area contributed by atoms with Crippen LogP contribution in [0.2, 0.25) is 0 Å². The zero-order chi connectivity index (χ0) is 13.5. The van der Waals surface area contributed by atoms with Gasteiger partial charge in [-0.05, 0) is 25.5 Å². The van der Waals surface area contributed by atoms with Crippen molar-refractivity contribution in [2.45, 2.75) is 44.7 Å². The Morgan fingerprint density at radius 3 is 2.78 bits per heavy atom. The highest BCUT2D eigenvalue weighted by atomic mass is 16.6. The van der Waals surface area contributed by atoms with Gasteiger partial charge in [0.15, 0.2) is 18.0 Å². The van der Waals surface area contributed by atoms with E-state index in [-0.39, 0.29) is 11.9 Å². The lowest BCUT2D eigenvalue weighted by Crippen LogP contribution is -2.31. The highest BCUT2D eigenvalue weighted by Crippen LogP contribution is 2.37. The Morgan fingerprint density at radius 1 is 1.56 bits per heavy atom. The van der Waals surface area contributed by atoms with Crippen LogP contribution in [0.25, 0.3) is 0 Å². The van der Waals surface area contributed by atoms with Gasteiger partial charge >= 0.3 is 5.97 Å². The molecule has 98 valence electrons. The minimum Gasteiger partial charge on any atom is -0.455 e. The molecule has 1 N–H and O–H groups in total. The third kappa shape index (κ3) is 2.86. The van der Waals surface area contributed by atoms with Crippen molar-refractivity contribution in [3.05, 3.63) is 23.8 Å². The first kappa shape index (κ1) is 13.0. The molecular weight excluding hydrogens is 236 g/mol. The Morgan fingerprint density at radius 2 is 2.22 bits per heavy atom. The van der Waals surface area contributed by atoms with Gasteiger partial charge in [-0.1, -0.05) is 12.2 Å². The van der Waals surface area contributed by atoms with Gasteiger partial charge in [0.05, 0.1) is 5.60 Å². The summed E-state index contributed by atoms with van der Waals surface area (Å²) in [5.74, 6) is -0.551. The Bertz CT molecular complexity index is 441. The minimum absolute atomic E-state index is 0.126. The third-order valence-corrected chi connectivity index (χ3v) is 2.72. The van der Waals surface area contributed by atoms with Gasteiger partial charge < -0.3 is 14.6 Å². The van der Waals surface area contributed by atoms with Crippen molar-refractivity contribution >= 4 is 11.8 Å². The molecule has 0 saturated carbocycles. The molecule has 5 heteroatoms. The number of aliphatic hydroxyl groups is 1. The molecule has 18 heavy (non-hydrogen) atoms. The molecule has 0 unspecified atom stereocenters. The molecule has 2 rings (SSSR count). The SMILES string of the molecule is CC(=O)O[C@H]1C(/C=C/C(C)(C)O)=CC(=O)[C@@H]2O[C@@H]21. The third-order valence-electron chi connectivity index (χ3n) is 2.72. The summed E-state index contributed by atoms with van der Waals surface area (Å²) in [4.78, 5) is 22.6. The average Bonchev–Trinajstić information content (AvgIpc) is 2.98. The number of esters is 1. The molecule has 0 aromatic rings. The van der Waals surface area contributed by atoms with Gasteiger partial charge in [0.1, 0.15) is 6.10 Å². The molecule has 2 aliphatic rings. The fourth-order valence-corrected chi connectivity index (χ4v) is 1.86. The van der Waals surface area contributed by atoms with E-state index in [1.165, 1.54) is 13.0 Å². The quantitative estimate of drug-likeness (QED) is 0.585. The summed E-state index contributed by atoms with van der Waals surface area (Å²) in [5, 5.41) is 9.62. The topological polar surface area (TPSA) is 76.1 Å². The number of ketones is 1. The predicted molar refractivity (Wildman–Crippen MR) is 62.7 cm³/mol. The molecule has 0 aromatic carbocycles. The van der Waals surface area contributed by atoms with E-state index >= 15 is 0 Å². The fraction of sp³-hybridized carbons (Fsp3) is 0.538. The minimum atomic E-state index is -0.994. The second-order valence-electron chi connectivity index (χ2n) is 5.09. The molecular formula is C13H16O5. The van der Waals surface area contributed by atoms with Gasteiger partial charge in [-0.15, -0.1) is 0 Å². The van der Waals surface area contributed by atoms with E-state index < -0.39 is 23.8 Å². The van der Waals surface area contributed by atoms with Crippen LogP contribution >= 0.6 is 0 Å². The van der Waals surface area contributed by atoms with E-state index in [0.29, 0.717) is 5.57 Å². The number of fused-ring (bicyclic) bond motifs is 1. The summed E-state index contributed by atoms with van der Waals surface area (Å²) in [5.41, 5.74) is -0.442. The van der Waals surface area contributed by atoms with Gasteiger partial charge in [0.25, 0.3) is 0 Å². The zero-order valence-corrected chi connectivity index (χ0v) is 10.5. The maximum atomic E-state index is 11.6. The molecule has 1 saturated heterocycles. The first-order chi connectivity index (χ1) is 8.28. The van der Waals surface area contributed by atoms with E-state index in [2.05, 4.69) is 0 Å². The van der Waals surface area contributed by atoms with Crippen LogP contribution in [0.15, 0.2) is 23.8 Å². The number of hydrogen-bond donors (Lipinski definition) is 1. The molecule has 1 aliphatic heterocycles. The highest BCUT2D eigenvalue weighted by Gasteiger charge is 2.54. The summed E-state index contributed by atoms with van der Waals surface area (Å²) in [6.07, 6.45) is 3.13. The second kappa shape index (κ2) is 4.33. The van der Waals surface area contributed by atoms with E-state index in [1.807, 2.05) is 0 Å². The summed E-state index contributed by atoms with van der Waals surface area (Å²) < 4.78 is 10.3. The van der Waals surface area contributed by atoms with Crippen LogP contribution in [0, 0.1) is 0 Å². The number of epoxide rings is 1. The van der Waals surface area contributed by atoms with Crippen molar-refractivity contribution < 1.29 is 24.2 Å². The Labute approximate surface area is 105 Å². The van der Waals surface area contributed by atoms with Crippen molar-refractivity contribution in [1.82, 2.24) is 0 Å². The second-order valence-corrected chi connectivity index (χ2v) is 5.09. The Balaban J connectivity index is 2.21. The summed E-state index contributed by atoms with van der Waals surface area (Å²) in [7, 11) is 0. The van der Waals surface area contributed by atoms with Crippen LogP contribution in [0.3, 0.4) is 0 Å². The molecule has 0 amide bonds. The van der Waals surface area contributed by atoms with Gasteiger partial charge in [0.2, 0.25) is 0 Å². The van der Waals surface area contributed by atoms with E-state index in [1.54, 1.807) is 26.0 Å². The molecule has 3 atom stereocenters. The molecule has 0 spiro atoms. The Kier molecular flexibility index (Phi) is 3.12. The van der Waals surface area contributed by atoms with Crippen LogP contribution in [0.1, 0.15) is 20.8 Å². The van der Waals surface area contributed by atoms with Gasteiger partial charge in [0, 0.05) is 6.92 Å². The number of ether oxygens (including phenoxy) is 2. The summed E-state index contributed by atoms with van der Waals surface area (Å²) >= 11 is 0. The van der Waals surface area contributed by atoms with E-state index in [9.17, 15) is 14.7 Å². The highest BCUT2D eigenvalue weighted by molar-refractivity contribution is 5.98.